The zero-order valence-electron chi connectivity index (χ0n) is 11.5. The van der Waals surface area contributed by atoms with Gasteiger partial charge in [-0.15, -0.1) is 0 Å². The molecule has 1 aromatic heterocycles. The average Bonchev–Trinajstić information content (AvgIpc) is 2.80. The van der Waals surface area contributed by atoms with Crippen LogP contribution in [0, 0.1) is 5.41 Å². The van der Waals surface area contributed by atoms with E-state index in [1.54, 1.807) is 10.9 Å². The van der Waals surface area contributed by atoms with E-state index >= 15 is 0 Å². The van der Waals surface area contributed by atoms with Crippen LogP contribution >= 0.6 is 0 Å². The molecule has 1 fully saturated rings. The van der Waals surface area contributed by atoms with Crippen LogP contribution in [0.3, 0.4) is 0 Å². The summed E-state index contributed by atoms with van der Waals surface area (Å²) < 4.78 is 1.77. The van der Waals surface area contributed by atoms with Crippen molar-refractivity contribution in [2.75, 3.05) is 6.54 Å². The van der Waals surface area contributed by atoms with Crippen molar-refractivity contribution in [1.29, 1.82) is 0 Å². The molecule has 1 aliphatic carbocycles. The third-order valence-electron chi connectivity index (χ3n) is 3.94. The second-order valence-corrected chi connectivity index (χ2v) is 6.23. The van der Waals surface area contributed by atoms with Gasteiger partial charge in [-0.2, -0.15) is 5.10 Å². The second-order valence-electron chi connectivity index (χ2n) is 6.23. The zero-order valence-corrected chi connectivity index (χ0v) is 11.5. The number of aliphatic hydroxyl groups excluding tert-OH is 1. The maximum atomic E-state index is 9.93. The van der Waals surface area contributed by atoms with Crippen LogP contribution < -0.4 is 5.32 Å². The van der Waals surface area contributed by atoms with Gasteiger partial charge < -0.3 is 10.4 Å². The summed E-state index contributed by atoms with van der Waals surface area (Å²) >= 11 is 0. The predicted octanol–water partition coefficient (Wildman–Crippen LogP) is 1.80. The molecule has 2 rings (SSSR count). The molecule has 1 saturated carbocycles. The van der Waals surface area contributed by atoms with Crippen LogP contribution in [0.1, 0.15) is 39.5 Å². The van der Waals surface area contributed by atoms with Crippen LogP contribution in [-0.4, -0.2) is 33.6 Å². The molecule has 1 atom stereocenters. The SMILES string of the molecule is CC1(C)CCC(NCC(O)Cn2cccn2)CC1. The first-order valence-electron chi connectivity index (χ1n) is 6.94. The summed E-state index contributed by atoms with van der Waals surface area (Å²) in [7, 11) is 0. The Hall–Kier alpha value is -0.870. The molecule has 0 radical (unpaired) electrons. The van der Waals surface area contributed by atoms with Gasteiger partial charge in [0.1, 0.15) is 0 Å². The Morgan fingerprint density at radius 1 is 1.44 bits per heavy atom. The third-order valence-corrected chi connectivity index (χ3v) is 3.94. The molecular weight excluding hydrogens is 226 g/mol. The molecule has 0 aliphatic heterocycles. The van der Waals surface area contributed by atoms with Crippen LogP contribution in [0.2, 0.25) is 0 Å². The van der Waals surface area contributed by atoms with Gasteiger partial charge in [0.25, 0.3) is 0 Å². The van der Waals surface area contributed by atoms with Crippen LogP contribution in [0.5, 0.6) is 0 Å². The number of nitrogens with zero attached hydrogens (tertiary/aromatic N) is 2. The van der Waals surface area contributed by atoms with Gasteiger partial charge in [0, 0.05) is 25.0 Å². The minimum absolute atomic E-state index is 0.361. The van der Waals surface area contributed by atoms with Crippen molar-refractivity contribution in [2.45, 2.75) is 58.2 Å². The molecule has 2 N–H and O–H groups in total. The Morgan fingerprint density at radius 3 is 2.78 bits per heavy atom. The lowest BCUT2D eigenvalue weighted by Gasteiger charge is -2.35. The molecular formula is C14H25N3O. The Labute approximate surface area is 109 Å². The van der Waals surface area contributed by atoms with Gasteiger partial charge in [-0.3, -0.25) is 4.68 Å². The highest BCUT2D eigenvalue weighted by Gasteiger charge is 2.26. The molecule has 0 saturated heterocycles. The topological polar surface area (TPSA) is 50.1 Å². The molecule has 4 nitrogen and oxygen atoms in total. The smallest absolute Gasteiger partial charge is 0.0860 e. The molecule has 0 spiro atoms. The Balaban J connectivity index is 1.66. The van der Waals surface area contributed by atoms with Gasteiger partial charge in [-0.1, -0.05) is 13.8 Å². The molecule has 18 heavy (non-hydrogen) atoms. The molecule has 0 amide bonds. The van der Waals surface area contributed by atoms with Crippen LogP contribution in [0.15, 0.2) is 18.5 Å². The van der Waals surface area contributed by atoms with Crippen molar-refractivity contribution in [3.63, 3.8) is 0 Å². The Morgan fingerprint density at radius 2 is 2.17 bits per heavy atom. The monoisotopic (exact) mass is 251 g/mol. The van der Waals surface area contributed by atoms with Crippen LogP contribution in [0.25, 0.3) is 0 Å². The average molecular weight is 251 g/mol. The maximum Gasteiger partial charge on any atom is 0.0860 e. The number of rotatable bonds is 5. The first kappa shape index (κ1) is 13.6. The largest absolute Gasteiger partial charge is 0.390 e. The van der Waals surface area contributed by atoms with E-state index in [1.807, 2.05) is 12.3 Å². The van der Waals surface area contributed by atoms with Crippen molar-refractivity contribution in [2.24, 2.45) is 5.41 Å². The Bertz CT molecular complexity index is 338. The number of hydrogen-bond donors (Lipinski definition) is 2. The molecule has 102 valence electrons. The molecule has 0 aromatic carbocycles. The standard InChI is InChI=1S/C14H25N3O/c1-14(2)6-4-12(5-7-14)15-10-13(18)11-17-9-3-8-16-17/h3,8-9,12-13,15,18H,4-7,10-11H2,1-2H3. The lowest BCUT2D eigenvalue weighted by Crippen LogP contribution is -2.40. The number of nitrogens with one attached hydrogen (secondary N) is 1. The highest BCUT2D eigenvalue weighted by Crippen LogP contribution is 2.34. The van der Waals surface area contributed by atoms with Crippen molar-refractivity contribution >= 4 is 0 Å². The fraction of sp³-hybridized carbons (Fsp3) is 0.786. The Kier molecular flexibility index (Phi) is 4.40. The van der Waals surface area contributed by atoms with Crippen LogP contribution in [0.4, 0.5) is 0 Å². The van der Waals surface area contributed by atoms with Gasteiger partial charge in [-0.05, 0) is 37.2 Å². The van der Waals surface area contributed by atoms with E-state index in [-0.39, 0.29) is 6.10 Å². The van der Waals surface area contributed by atoms with Gasteiger partial charge >= 0.3 is 0 Å². The summed E-state index contributed by atoms with van der Waals surface area (Å²) in [5, 5.41) is 17.5. The van der Waals surface area contributed by atoms with E-state index in [0.29, 0.717) is 24.5 Å². The van der Waals surface area contributed by atoms with E-state index in [2.05, 4.69) is 24.3 Å². The van der Waals surface area contributed by atoms with Gasteiger partial charge in [0.2, 0.25) is 0 Å². The fourth-order valence-corrected chi connectivity index (χ4v) is 2.60. The molecule has 1 aliphatic rings. The van der Waals surface area contributed by atoms with E-state index in [4.69, 9.17) is 0 Å². The van der Waals surface area contributed by atoms with Crippen LogP contribution in [-0.2, 0) is 6.54 Å². The van der Waals surface area contributed by atoms with E-state index in [0.717, 1.165) is 0 Å². The summed E-state index contributed by atoms with van der Waals surface area (Å²) in [6, 6.07) is 2.45. The fourth-order valence-electron chi connectivity index (χ4n) is 2.60. The van der Waals surface area contributed by atoms with Crippen molar-refractivity contribution in [3.05, 3.63) is 18.5 Å². The van der Waals surface area contributed by atoms with E-state index in [1.165, 1.54) is 25.7 Å². The van der Waals surface area contributed by atoms with Crippen molar-refractivity contribution < 1.29 is 5.11 Å². The summed E-state index contributed by atoms with van der Waals surface area (Å²) in [6.07, 6.45) is 8.26. The summed E-state index contributed by atoms with van der Waals surface area (Å²) in [4.78, 5) is 0. The third kappa shape index (κ3) is 4.10. The molecule has 1 unspecified atom stereocenters. The molecule has 0 bridgehead atoms. The molecule has 4 heteroatoms. The van der Waals surface area contributed by atoms with Gasteiger partial charge in [-0.25, -0.2) is 0 Å². The van der Waals surface area contributed by atoms with E-state index < -0.39 is 0 Å². The van der Waals surface area contributed by atoms with Gasteiger partial charge in [0.05, 0.1) is 12.6 Å². The minimum Gasteiger partial charge on any atom is -0.390 e. The first-order valence-corrected chi connectivity index (χ1v) is 6.94. The van der Waals surface area contributed by atoms with E-state index in [9.17, 15) is 5.11 Å². The normalized spacial score (nSPS) is 21.9. The first-order chi connectivity index (χ1) is 8.55. The zero-order chi connectivity index (χ0) is 13.0. The summed E-state index contributed by atoms with van der Waals surface area (Å²) in [5.41, 5.74) is 0.506. The van der Waals surface area contributed by atoms with Crippen molar-refractivity contribution in [3.8, 4) is 0 Å². The number of aromatic nitrogens is 2. The maximum absolute atomic E-state index is 9.93. The van der Waals surface area contributed by atoms with Crippen molar-refractivity contribution in [1.82, 2.24) is 15.1 Å². The number of aliphatic hydroxyl groups is 1. The highest BCUT2D eigenvalue weighted by atomic mass is 16.3. The molecule has 1 aromatic rings. The highest BCUT2D eigenvalue weighted by molar-refractivity contribution is 4.83. The van der Waals surface area contributed by atoms with Gasteiger partial charge in [0.15, 0.2) is 0 Å². The lowest BCUT2D eigenvalue weighted by molar-refractivity contribution is 0.132. The lowest BCUT2D eigenvalue weighted by atomic mass is 9.75. The number of hydrogen-bond acceptors (Lipinski definition) is 3. The summed E-state index contributed by atoms with van der Waals surface area (Å²) in [6.45, 7) is 5.91. The minimum atomic E-state index is -0.361. The quantitative estimate of drug-likeness (QED) is 0.839. The second kappa shape index (κ2) is 5.85. The predicted molar refractivity (Wildman–Crippen MR) is 72.3 cm³/mol. The molecule has 1 heterocycles. The summed E-state index contributed by atoms with van der Waals surface area (Å²) in [5.74, 6) is 0.